The second kappa shape index (κ2) is 4.72. The van der Waals surface area contributed by atoms with Crippen LogP contribution in [0, 0.1) is 0 Å². The fraction of sp³-hybridized carbons (Fsp3) is 0.308. The van der Waals surface area contributed by atoms with Gasteiger partial charge < -0.3 is 4.74 Å². The number of rotatable bonds is 2. The van der Waals surface area contributed by atoms with Crippen LogP contribution in [0.2, 0.25) is 0 Å². The van der Waals surface area contributed by atoms with E-state index in [2.05, 4.69) is 15.2 Å². The van der Waals surface area contributed by atoms with Gasteiger partial charge in [-0.3, -0.25) is 14.8 Å². The zero-order valence-corrected chi connectivity index (χ0v) is 10.6. The van der Waals surface area contributed by atoms with Crippen molar-refractivity contribution in [2.75, 3.05) is 18.1 Å². The van der Waals surface area contributed by atoms with Crippen molar-refractivity contribution in [2.45, 2.75) is 13.3 Å². The Morgan fingerprint density at radius 2 is 2.32 bits per heavy atom. The number of nitrogens with one attached hydrogen (secondary N) is 1. The average Bonchev–Trinajstić information content (AvgIpc) is 2.95. The summed E-state index contributed by atoms with van der Waals surface area (Å²) in [4.78, 5) is 18.2. The molecule has 1 aliphatic rings. The van der Waals surface area contributed by atoms with Gasteiger partial charge in [0.05, 0.1) is 12.2 Å². The minimum atomic E-state index is -0.202. The predicted octanol–water partition coefficient (Wildman–Crippen LogP) is 1.41. The van der Waals surface area contributed by atoms with Crippen LogP contribution in [0.3, 0.4) is 0 Å². The zero-order valence-electron chi connectivity index (χ0n) is 10.6. The van der Waals surface area contributed by atoms with Crippen molar-refractivity contribution in [3.05, 3.63) is 35.9 Å². The lowest BCUT2D eigenvalue weighted by atomic mass is 10.2. The molecule has 98 valence electrons. The van der Waals surface area contributed by atoms with E-state index in [0.717, 1.165) is 12.1 Å². The largest absolute Gasteiger partial charge is 0.490 e. The monoisotopic (exact) mass is 258 g/mol. The van der Waals surface area contributed by atoms with Crippen LogP contribution in [0.4, 0.5) is 5.69 Å². The number of hydrogen-bond acceptors (Lipinski definition) is 4. The van der Waals surface area contributed by atoms with Crippen LogP contribution >= 0.6 is 0 Å². The van der Waals surface area contributed by atoms with Gasteiger partial charge in [-0.05, 0) is 12.1 Å². The summed E-state index contributed by atoms with van der Waals surface area (Å²) in [6.07, 6.45) is 0.722. The summed E-state index contributed by atoms with van der Waals surface area (Å²) in [5.74, 6) is 1.43. The minimum Gasteiger partial charge on any atom is -0.490 e. The zero-order chi connectivity index (χ0) is 13.2. The third-order valence-electron chi connectivity index (χ3n) is 3.03. The van der Waals surface area contributed by atoms with Gasteiger partial charge in [-0.1, -0.05) is 19.1 Å². The first-order chi connectivity index (χ1) is 9.29. The lowest BCUT2D eigenvalue weighted by Crippen LogP contribution is -2.38. The van der Waals surface area contributed by atoms with Crippen molar-refractivity contribution in [3.63, 3.8) is 0 Å². The highest BCUT2D eigenvalue weighted by molar-refractivity contribution is 6.04. The number of fused-ring (bicyclic) bond motifs is 1. The highest BCUT2D eigenvalue weighted by atomic mass is 16.5. The molecule has 1 aromatic carbocycles. The molecule has 6 heteroatoms. The molecule has 0 spiro atoms. The van der Waals surface area contributed by atoms with E-state index in [1.807, 2.05) is 31.2 Å². The number of aryl methyl sites for hydroxylation is 1. The SMILES string of the molecule is CCc1nc(C(=O)N2CCOc3ccccc32)n[nH]1. The molecule has 0 saturated carbocycles. The standard InChI is InChI=1S/C13H14N4O2/c1-2-11-14-12(16-15-11)13(18)17-7-8-19-10-6-4-3-5-9(10)17/h3-6H,2,7-8H2,1H3,(H,14,15,16). The third kappa shape index (κ3) is 2.05. The second-order valence-corrected chi connectivity index (χ2v) is 4.23. The van der Waals surface area contributed by atoms with Gasteiger partial charge in [0.25, 0.3) is 5.91 Å². The first-order valence-electron chi connectivity index (χ1n) is 6.24. The first kappa shape index (κ1) is 11.7. The van der Waals surface area contributed by atoms with Gasteiger partial charge in [-0.25, -0.2) is 4.98 Å². The van der Waals surface area contributed by atoms with E-state index in [1.54, 1.807) is 4.90 Å². The Hall–Kier alpha value is -2.37. The lowest BCUT2D eigenvalue weighted by Gasteiger charge is -2.28. The van der Waals surface area contributed by atoms with Crippen molar-refractivity contribution >= 4 is 11.6 Å². The Morgan fingerprint density at radius 1 is 1.47 bits per heavy atom. The Kier molecular flexibility index (Phi) is 2.91. The highest BCUT2D eigenvalue weighted by Gasteiger charge is 2.26. The normalized spacial score (nSPS) is 13.8. The molecule has 0 radical (unpaired) electrons. The third-order valence-corrected chi connectivity index (χ3v) is 3.03. The van der Waals surface area contributed by atoms with Crippen LogP contribution in [0.5, 0.6) is 5.75 Å². The van der Waals surface area contributed by atoms with Gasteiger partial charge in [0.2, 0.25) is 5.82 Å². The second-order valence-electron chi connectivity index (χ2n) is 4.23. The number of ether oxygens (including phenoxy) is 1. The topological polar surface area (TPSA) is 71.1 Å². The van der Waals surface area contributed by atoms with Crippen LogP contribution in [0.1, 0.15) is 23.4 Å². The molecule has 2 aromatic rings. The van der Waals surface area contributed by atoms with E-state index in [4.69, 9.17) is 4.74 Å². The van der Waals surface area contributed by atoms with Crippen LogP contribution in [-0.2, 0) is 6.42 Å². The minimum absolute atomic E-state index is 0.202. The molecule has 1 amide bonds. The molecular formula is C13H14N4O2. The van der Waals surface area contributed by atoms with Crippen LogP contribution in [-0.4, -0.2) is 34.2 Å². The number of carbonyl (C=O) groups is 1. The number of aromatic amines is 1. The molecule has 3 rings (SSSR count). The molecule has 6 nitrogen and oxygen atoms in total. The molecule has 0 bridgehead atoms. The van der Waals surface area contributed by atoms with Crippen molar-refractivity contribution in [1.82, 2.24) is 15.2 Å². The highest BCUT2D eigenvalue weighted by Crippen LogP contribution is 2.31. The van der Waals surface area contributed by atoms with Crippen LogP contribution in [0.25, 0.3) is 0 Å². The van der Waals surface area contributed by atoms with Crippen LogP contribution < -0.4 is 9.64 Å². The molecule has 19 heavy (non-hydrogen) atoms. The Bertz CT molecular complexity index is 608. The van der Waals surface area contributed by atoms with E-state index >= 15 is 0 Å². The maximum atomic E-state index is 12.4. The summed E-state index contributed by atoms with van der Waals surface area (Å²) in [6.45, 7) is 2.94. The summed E-state index contributed by atoms with van der Waals surface area (Å²) in [5.41, 5.74) is 0.765. The van der Waals surface area contributed by atoms with E-state index in [-0.39, 0.29) is 11.7 Å². The lowest BCUT2D eigenvalue weighted by molar-refractivity contribution is 0.0967. The van der Waals surface area contributed by atoms with E-state index in [0.29, 0.717) is 24.7 Å². The van der Waals surface area contributed by atoms with Gasteiger partial charge in [0.1, 0.15) is 18.2 Å². The Morgan fingerprint density at radius 3 is 3.11 bits per heavy atom. The molecule has 0 atom stereocenters. The summed E-state index contributed by atoms with van der Waals surface area (Å²) in [6, 6.07) is 7.47. The predicted molar refractivity (Wildman–Crippen MR) is 69.4 cm³/mol. The fourth-order valence-electron chi connectivity index (χ4n) is 2.05. The number of carbonyl (C=O) groups excluding carboxylic acids is 1. The van der Waals surface area contributed by atoms with E-state index in [9.17, 15) is 4.79 Å². The van der Waals surface area contributed by atoms with E-state index < -0.39 is 0 Å². The van der Waals surface area contributed by atoms with Crippen molar-refractivity contribution in [2.24, 2.45) is 0 Å². The summed E-state index contributed by atoms with van der Waals surface area (Å²) in [5, 5.41) is 6.73. The van der Waals surface area contributed by atoms with Crippen molar-refractivity contribution in [3.8, 4) is 5.75 Å². The summed E-state index contributed by atoms with van der Waals surface area (Å²) >= 11 is 0. The Labute approximate surface area is 110 Å². The number of para-hydroxylation sites is 2. The van der Waals surface area contributed by atoms with Gasteiger partial charge in [-0.15, -0.1) is 5.10 Å². The maximum Gasteiger partial charge on any atom is 0.298 e. The molecular weight excluding hydrogens is 244 g/mol. The molecule has 0 saturated heterocycles. The number of hydrogen-bond donors (Lipinski definition) is 1. The molecule has 2 heterocycles. The summed E-state index contributed by atoms with van der Waals surface area (Å²) < 4.78 is 5.52. The number of H-pyrrole nitrogens is 1. The average molecular weight is 258 g/mol. The molecule has 1 aliphatic heterocycles. The van der Waals surface area contributed by atoms with Gasteiger partial charge in [-0.2, -0.15) is 0 Å². The summed E-state index contributed by atoms with van der Waals surface area (Å²) in [7, 11) is 0. The molecule has 0 fully saturated rings. The van der Waals surface area contributed by atoms with Crippen LogP contribution in [0.15, 0.2) is 24.3 Å². The Balaban J connectivity index is 1.93. The number of benzene rings is 1. The first-order valence-corrected chi connectivity index (χ1v) is 6.24. The number of anilines is 1. The molecule has 0 aliphatic carbocycles. The van der Waals surface area contributed by atoms with Gasteiger partial charge >= 0.3 is 0 Å². The van der Waals surface area contributed by atoms with Crippen molar-refractivity contribution in [1.29, 1.82) is 0 Å². The van der Waals surface area contributed by atoms with Gasteiger partial charge in [0, 0.05) is 6.42 Å². The van der Waals surface area contributed by atoms with Crippen molar-refractivity contribution < 1.29 is 9.53 Å². The van der Waals surface area contributed by atoms with E-state index in [1.165, 1.54) is 0 Å². The number of aromatic nitrogens is 3. The molecule has 1 N–H and O–H groups in total. The molecule has 1 aromatic heterocycles. The van der Waals surface area contributed by atoms with Gasteiger partial charge in [0.15, 0.2) is 0 Å². The number of nitrogens with zero attached hydrogens (tertiary/aromatic N) is 3. The maximum absolute atomic E-state index is 12.4. The fourth-order valence-corrected chi connectivity index (χ4v) is 2.05. The quantitative estimate of drug-likeness (QED) is 0.884. The molecule has 0 unspecified atom stereocenters. The number of amides is 1. The smallest absolute Gasteiger partial charge is 0.298 e.